The molecule has 0 saturated carbocycles. The van der Waals surface area contributed by atoms with Gasteiger partial charge in [-0.05, 0) is 24.3 Å². The number of para-hydroxylation sites is 1. The molecule has 2 rings (SSSR count). The standard InChI is InChI=1S/C12H10F2N2O2S/c13-10-6-9(7-11(14)12(10)15)19(17,18)16-8-4-2-1-3-5-8/h1-7,16H,15H2. The van der Waals surface area contributed by atoms with Crippen LogP contribution in [-0.4, -0.2) is 8.42 Å². The van der Waals surface area contributed by atoms with Gasteiger partial charge < -0.3 is 5.73 Å². The van der Waals surface area contributed by atoms with Crippen molar-refractivity contribution in [2.45, 2.75) is 4.90 Å². The Morgan fingerprint density at radius 3 is 2.05 bits per heavy atom. The van der Waals surface area contributed by atoms with Crippen molar-refractivity contribution in [3.63, 3.8) is 0 Å². The first kappa shape index (κ1) is 13.3. The summed E-state index contributed by atoms with van der Waals surface area (Å²) in [5.74, 6) is -2.23. The minimum atomic E-state index is -4.06. The van der Waals surface area contributed by atoms with Crippen LogP contribution in [-0.2, 0) is 10.0 Å². The molecular weight excluding hydrogens is 274 g/mol. The van der Waals surface area contributed by atoms with E-state index in [0.29, 0.717) is 17.8 Å². The van der Waals surface area contributed by atoms with Gasteiger partial charge in [-0.25, -0.2) is 17.2 Å². The van der Waals surface area contributed by atoms with Crippen molar-refractivity contribution in [3.05, 3.63) is 54.1 Å². The molecule has 7 heteroatoms. The van der Waals surface area contributed by atoms with Gasteiger partial charge in [0.15, 0.2) is 0 Å². The molecule has 2 aromatic rings. The normalized spacial score (nSPS) is 11.3. The third-order valence-electron chi connectivity index (χ3n) is 2.39. The highest BCUT2D eigenvalue weighted by Crippen LogP contribution is 2.22. The van der Waals surface area contributed by atoms with E-state index in [1.165, 1.54) is 12.1 Å². The molecule has 3 N–H and O–H groups in total. The van der Waals surface area contributed by atoms with Crippen LogP contribution in [0.4, 0.5) is 20.2 Å². The monoisotopic (exact) mass is 284 g/mol. The number of sulfonamides is 1. The highest BCUT2D eigenvalue weighted by atomic mass is 32.2. The lowest BCUT2D eigenvalue weighted by atomic mass is 10.3. The first-order valence-corrected chi connectivity index (χ1v) is 6.71. The maximum absolute atomic E-state index is 13.3. The Kier molecular flexibility index (Phi) is 3.39. The van der Waals surface area contributed by atoms with Gasteiger partial charge in [0.2, 0.25) is 0 Å². The van der Waals surface area contributed by atoms with Crippen molar-refractivity contribution in [2.75, 3.05) is 10.5 Å². The zero-order valence-electron chi connectivity index (χ0n) is 9.60. The van der Waals surface area contributed by atoms with Gasteiger partial charge in [-0.2, -0.15) is 0 Å². The van der Waals surface area contributed by atoms with Gasteiger partial charge in [0, 0.05) is 5.69 Å². The minimum Gasteiger partial charge on any atom is -0.394 e. The molecule has 0 aliphatic heterocycles. The molecule has 0 aromatic heterocycles. The minimum absolute atomic E-state index is 0.292. The lowest BCUT2D eigenvalue weighted by molar-refractivity contribution is 0.575. The quantitative estimate of drug-likeness (QED) is 0.850. The van der Waals surface area contributed by atoms with Crippen LogP contribution in [0.1, 0.15) is 0 Å². The van der Waals surface area contributed by atoms with E-state index in [1.807, 2.05) is 0 Å². The maximum atomic E-state index is 13.3. The van der Waals surface area contributed by atoms with Crippen LogP contribution >= 0.6 is 0 Å². The summed E-state index contributed by atoms with van der Waals surface area (Å²) in [7, 11) is -4.06. The molecule has 0 saturated heterocycles. The van der Waals surface area contributed by atoms with E-state index in [4.69, 9.17) is 5.73 Å². The predicted octanol–water partition coefficient (Wildman–Crippen LogP) is 2.35. The molecule has 0 unspecified atom stereocenters. The van der Waals surface area contributed by atoms with E-state index in [0.717, 1.165) is 0 Å². The first-order chi connectivity index (χ1) is 8.90. The number of nitrogen functional groups attached to an aromatic ring is 1. The highest BCUT2D eigenvalue weighted by molar-refractivity contribution is 7.92. The van der Waals surface area contributed by atoms with E-state index in [-0.39, 0.29) is 0 Å². The molecule has 0 aliphatic carbocycles. The summed E-state index contributed by atoms with van der Waals surface area (Å²) < 4.78 is 52.6. The Labute approximate surface area is 108 Å². The van der Waals surface area contributed by atoms with Gasteiger partial charge in [0.25, 0.3) is 10.0 Å². The molecule has 0 atom stereocenters. The Hall–Kier alpha value is -2.15. The topological polar surface area (TPSA) is 72.2 Å². The molecule has 0 heterocycles. The average molecular weight is 284 g/mol. The highest BCUT2D eigenvalue weighted by Gasteiger charge is 2.18. The molecule has 0 spiro atoms. The molecule has 0 amide bonds. The summed E-state index contributed by atoms with van der Waals surface area (Å²) in [4.78, 5) is -0.527. The van der Waals surface area contributed by atoms with Crippen LogP contribution in [0.2, 0.25) is 0 Å². The van der Waals surface area contributed by atoms with Crippen LogP contribution in [0, 0.1) is 11.6 Å². The molecular formula is C12H10F2N2O2S. The zero-order valence-corrected chi connectivity index (χ0v) is 10.4. The summed E-state index contributed by atoms with van der Waals surface area (Å²) in [6, 6.07) is 9.33. The number of rotatable bonds is 3. The lowest BCUT2D eigenvalue weighted by Gasteiger charge is -2.09. The number of hydrogen-bond acceptors (Lipinski definition) is 3. The molecule has 100 valence electrons. The van der Waals surface area contributed by atoms with Gasteiger partial charge in [-0.3, -0.25) is 4.72 Å². The number of benzene rings is 2. The summed E-state index contributed by atoms with van der Waals surface area (Å²) >= 11 is 0. The molecule has 4 nitrogen and oxygen atoms in total. The third kappa shape index (κ3) is 2.82. The Morgan fingerprint density at radius 1 is 1.00 bits per heavy atom. The molecule has 0 bridgehead atoms. The Bertz CT molecular complexity index is 680. The molecule has 2 aromatic carbocycles. The molecule has 19 heavy (non-hydrogen) atoms. The van der Waals surface area contributed by atoms with E-state index in [2.05, 4.69) is 4.72 Å². The van der Waals surface area contributed by atoms with Crippen molar-refractivity contribution in [1.82, 2.24) is 0 Å². The molecule has 0 radical (unpaired) electrons. The Morgan fingerprint density at radius 2 is 1.53 bits per heavy atom. The summed E-state index contributed by atoms with van der Waals surface area (Å²) in [6.07, 6.45) is 0. The first-order valence-electron chi connectivity index (χ1n) is 5.22. The average Bonchev–Trinajstić information content (AvgIpc) is 2.36. The van der Waals surface area contributed by atoms with Crippen molar-refractivity contribution in [3.8, 4) is 0 Å². The fraction of sp³-hybridized carbons (Fsp3) is 0. The van der Waals surface area contributed by atoms with Crippen LogP contribution in [0.15, 0.2) is 47.4 Å². The summed E-state index contributed by atoms with van der Waals surface area (Å²) in [5.41, 5.74) is 4.66. The van der Waals surface area contributed by atoms with E-state index >= 15 is 0 Å². The summed E-state index contributed by atoms with van der Waals surface area (Å²) in [5, 5.41) is 0. The van der Waals surface area contributed by atoms with Gasteiger partial charge >= 0.3 is 0 Å². The SMILES string of the molecule is Nc1c(F)cc(S(=O)(=O)Nc2ccccc2)cc1F. The van der Waals surface area contributed by atoms with E-state index in [1.54, 1.807) is 18.2 Å². The van der Waals surface area contributed by atoms with E-state index < -0.39 is 32.2 Å². The van der Waals surface area contributed by atoms with Crippen molar-refractivity contribution in [2.24, 2.45) is 0 Å². The maximum Gasteiger partial charge on any atom is 0.262 e. The Balaban J connectivity index is 2.40. The van der Waals surface area contributed by atoms with Crippen molar-refractivity contribution in [1.29, 1.82) is 0 Å². The fourth-order valence-electron chi connectivity index (χ4n) is 1.44. The van der Waals surface area contributed by atoms with Crippen LogP contribution < -0.4 is 10.5 Å². The lowest BCUT2D eigenvalue weighted by Crippen LogP contribution is -2.14. The fourth-order valence-corrected chi connectivity index (χ4v) is 2.52. The van der Waals surface area contributed by atoms with Crippen molar-refractivity contribution < 1.29 is 17.2 Å². The van der Waals surface area contributed by atoms with Crippen LogP contribution in [0.25, 0.3) is 0 Å². The van der Waals surface area contributed by atoms with Gasteiger partial charge in [0.1, 0.15) is 17.3 Å². The second-order valence-corrected chi connectivity index (χ2v) is 5.45. The number of anilines is 2. The molecule has 0 fully saturated rings. The zero-order chi connectivity index (χ0) is 14.0. The number of halogens is 2. The number of nitrogens with two attached hydrogens (primary N) is 1. The van der Waals surface area contributed by atoms with Crippen molar-refractivity contribution >= 4 is 21.4 Å². The smallest absolute Gasteiger partial charge is 0.262 e. The van der Waals surface area contributed by atoms with Gasteiger partial charge in [-0.1, -0.05) is 18.2 Å². The molecule has 0 aliphatic rings. The predicted molar refractivity (Wildman–Crippen MR) is 68.0 cm³/mol. The van der Waals surface area contributed by atoms with Crippen LogP contribution in [0.3, 0.4) is 0 Å². The third-order valence-corrected chi connectivity index (χ3v) is 3.75. The number of hydrogen-bond donors (Lipinski definition) is 2. The number of nitrogens with one attached hydrogen (secondary N) is 1. The van der Waals surface area contributed by atoms with E-state index in [9.17, 15) is 17.2 Å². The largest absolute Gasteiger partial charge is 0.394 e. The van der Waals surface area contributed by atoms with Gasteiger partial charge in [0.05, 0.1) is 4.90 Å². The van der Waals surface area contributed by atoms with Gasteiger partial charge in [-0.15, -0.1) is 0 Å². The summed E-state index contributed by atoms with van der Waals surface area (Å²) in [6.45, 7) is 0. The van der Waals surface area contributed by atoms with Crippen LogP contribution in [0.5, 0.6) is 0 Å². The second-order valence-electron chi connectivity index (χ2n) is 3.77. The second kappa shape index (κ2) is 4.85.